The number of methoxy groups -OCH3 is 1. The van der Waals surface area contributed by atoms with Crippen molar-refractivity contribution < 1.29 is 22.7 Å². The highest BCUT2D eigenvalue weighted by atomic mass is 19.1. The monoisotopic (exact) mass is 413 g/mol. The zero-order valence-electron chi connectivity index (χ0n) is 15.6. The van der Waals surface area contributed by atoms with E-state index in [1.165, 1.54) is 24.1 Å². The predicted octanol–water partition coefficient (Wildman–Crippen LogP) is 3.82. The number of aromatic nitrogens is 4. The molecule has 30 heavy (non-hydrogen) atoms. The molecule has 2 aromatic carbocycles. The fourth-order valence-corrected chi connectivity index (χ4v) is 2.97. The minimum atomic E-state index is -1.00. The number of hydrogen-bond donors (Lipinski definition) is 1. The molecule has 0 spiro atoms. The van der Waals surface area contributed by atoms with Crippen LogP contribution in [0.25, 0.3) is 16.9 Å². The Morgan fingerprint density at radius 2 is 1.90 bits per heavy atom. The lowest BCUT2D eigenvalue weighted by atomic mass is 10.2. The van der Waals surface area contributed by atoms with Gasteiger partial charge in [-0.05, 0) is 24.3 Å². The minimum absolute atomic E-state index is 0.0322. The van der Waals surface area contributed by atoms with Crippen LogP contribution in [0.15, 0.2) is 48.8 Å². The largest absolute Gasteiger partial charge is 0.497 e. The van der Waals surface area contributed by atoms with Crippen molar-refractivity contribution in [2.45, 2.75) is 6.67 Å². The highest BCUT2D eigenvalue weighted by Gasteiger charge is 2.18. The van der Waals surface area contributed by atoms with Gasteiger partial charge in [0.05, 0.1) is 30.5 Å². The maximum Gasteiger partial charge on any atom is 0.262 e. The summed E-state index contributed by atoms with van der Waals surface area (Å²) in [5.74, 6) is -2.12. The van der Waals surface area contributed by atoms with Crippen LogP contribution in [0.4, 0.5) is 19.0 Å². The van der Waals surface area contributed by atoms with Gasteiger partial charge in [-0.25, -0.2) is 28.1 Å². The van der Waals surface area contributed by atoms with E-state index < -0.39 is 29.8 Å². The maximum atomic E-state index is 13.8. The van der Waals surface area contributed by atoms with Crippen molar-refractivity contribution in [2.24, 2.45) is 0 Å². The predicted molar refractivity (Wildman–Crippen MR) is 102 cm³/mol. The average Bonchev–Trinajstić information content (AvgIpc) is 3.12. The second kappa shape index (κ2) is 7.82. The maximum absolute atomic E-state index is 13.8. The minimum Gasteiger partial charge on any atom is -0.497 e. The number of benzene rings is 2. The van der Waals surface area contributed by atoms with Crippen molar-refractivity contribution in [3.05, 3.63) is 71.8 Å². The van der Waals surface area contributed by atoms with Gasteiger partial charge in [0.25, 0.3) is 5.91 Å². The lowest BCUT2D eigenvalue weighted by molar-refractivity contribution is 0.101. The summed E-state index contributed by atoms with van der Waals surface area (Å²) >= 11 is 0. The number of ether oxygens (including phenoxy) is 1. The topological polar surface area (TPSA) is 81.9 Å². The van der Waals surface area contributed by atoms with E-state index in [1.54, 1.807) is 18.2 Å². The van der Waals surface area contributed by atoms with Crippen LogP contribution in [0.2, 0.25) is 0 Å². The highest BCUT2D eigenvalue weighted by molar-refractivity contribution is 6.04. The SMILES string of the molecule is COc1ccc2nc(CF)n(-c3cnc(NC(=O)c4c(F)cccc4F)cn3)c2c1. The molecule has 0 bridgehead atoms. The lowest BCUT2D eigenvalue weighted by Gasteiger charge is -2.09. The Balaban J connectivity index is 1.66. The number of carbonyl (C=O) groups is 1. The van der Waals surface area contributed by atoms with Gasteiger partial charge in [0.15, 0.2) is 11.6 Å². The van der Waals surface area contributed by atoms with Crippen molar-refractivity contribution in [3.8, 4) is 11.6 Å². The Morgan fingerprint density at radius 1 is 1.13 bits per heavy atom. The highest BCUT2D eigenvalue weighted by Crippen LogP contribution is 2.25. The molecule has 0 unspecified atom stereocenters. The zero-order chi connectivity index (χ0) is 21.3. The molecule has 0 saturated heterocycles. The molecule has 0 fully saturated rings. The molecular formula is C20H14F3N5O2. The Kier molecular flexibility index (Phi) is 5.05. The first-order chi connectivity index (χ1) is 14.5. The van der Waals surface area contributed by atoms with Gasteiger partial charge in [0.1, 0.15) is 35.4 Å². The number of halogens is 3. The number of hydrogen-bond acceptors (Lipinski definition) is 5. The van der Waals surface area contributed by atoms with Gasteiger partial charge in [0, 0.05) is 6.07 Å². The first kappa shape index (κ1) is 19.4. The van der Waals surface area contributed by atoms with E-state index in [9.17, 15) is 18.0 Å². The molecule has 10 heteroatoms. The van der Waals surface area contributed by atoms with Crippen LogP contribution < -0.4 is 10.1 Å². The van der Waals surface area contributed by atoms with Crippen molar-refractivity contribution >= 4 is 22.8 Å². The zero-order valence-corrected chi connectivity index (χ0v) is 15.6. The molecule has 152 valence electrons. The number of carbonyl (C=O) groups excluding carboxylic acids is 1. The van der Waals surface area contributed by atoms with Crippen LogP contribution in [-0.4, -0.2) is 32.5 Å². The van der Waals surface area contributed by atoms with Crippen LogP contribution in [0.1, 0.15) is 16.2 Å². The number of fused-ring (bicyclic) bond motifs is 1. The molecule has 7 nitrogen and oxygen atoms in total. The second-order valence-electron chi connectivity index (χ2n) is 6.16. The van der Waals surface area contributed by atoms with Gasteiger partial charge < -0.3 is 10.1 Å². The first-order valence-corrected chi connectivity index (χ1v) is 8.71. The van der Waals surface area contributed by atoms with Crippen LogP contribution in [-0.2, 0) is 6.67 Å². The van der Waals surface area contributed by atoms with E-state index >= 15 is 0 Å². The fraction of sp³-hybridized carbons (Fsp3) is 0.100. The molecule has 1 amide bonds. The summed E-state index contributed by atoms with van der Waals surface area (Å²) in [6, 6.07) is 8.18. The Labute approximate surface area is 168 Å². The third-order valence-electron chi connectivity index (χ3n) is 4.35. The molecule has 0 aliphatic carbocycles. The first-order valence-electron chi connectivity index (χ1n) is 8.71. The molecule has 0 aliphatic rings. The molecule has 2 heterocycles. The van der Waals surface area contributed by atoms with E-state index in [0.29, 0.717) is 16.8 Å². The second-order valence-corrected chi connectivity index (χ2v) is 6.16. The smallest absolute Gasteiger partial charge is 0.262 e. The van der Waals surface area contributed by atoms with Gasteiger partial charge in [0.2, 0.25) is 0 Å². The Bertz CT molecular complexity index is 1220. The number of anilines is 1. The van der Waals surface area contributed by atoms with Crippen molar-refractivity contribution in [2.75, 3.05) is 12.4 Å². The number of nitrogens with one attached hydrogen (secondary N) is 1. The van der Waals surface area contributed by atoms with E-state index in [1.807, 2.05) is 0 Å². The Hall–Kier alpha value is -3.95. The van der Waals surface area contributed by atoms with Crippen molar-refractivity contribution in [3.63, 3.8) is 0 Å². The van der Waals surface area contributed by atoms with Crippen LogP contribution >= 0.6 is 0 Å². The third kappa shape index (κ3) is 3.43. The normalized spacial score (nSPS) is 10.9. The van der Waals surface area contributed by atoms with Gasteiger partial charge in [-0.15, -0.1) is 0 Å². The summed E-state index contributed by atoms with van der Waals surface area (Å²) in [5.41, 5.74) is 0.370. The molecule has 0 atom stereocenters. The lowest BCUT2D eigenvalue weighted by Crippen LogP contribution is -2.17. The van der Waals surface area contributed by atoms with Crippen molar-refractivity contribution in [1.29, 1.82) is 0 Å². The number of imidazole rings is 1. The summed E-state index contributed by atoms with van der Waals surface area (Å²) in [7, 11) is 1.51. The van der Waals surface area contributed by atoms with E-state index in [0.717, 1.165) is 18.2 Å². The Morgan fingerprint density at radius 3 is 2.53 bits per heavy atom. The van der Waals surface area contributed by atoms with Gasteiger partial charge >= 0.3 is 0 Å². The van der Waals surface area contributed by atoms with Crippen molar-refractivity contribution in [1.82, 2.24) is 19.5 Å². The molecule has 4 aromatic rings. The fourth-order valence-electron chi connectivity index (χ4n) is 2.97. The molecule has 2 aromatic heterocycles. The number of nitrogens with zero attached hydrogens (tertiary/aromatic N) is 4. The van der Waals surface area contributed by atoms with Gasteiger partial charge in [-0.1, -0.05) is 6.07 Å². The van der Waals surface area contributed by atoms with Gasteiger partial charge in [-0.2, -0.15) is 0 Å². The van der Waals surface area contributed by atoms with Crippen LogP contribution in [0.3, 0.4) is 0 Å². The molecule has 0 radical (unpaired) electrons. The van der Waals surface area contributed by atoms with Gasteiger partial charge in [-0.3, -0.25) is 9.36 Å². The molecular weight excluding hydrogens is 399 g/mol. The van der Waals surface area contributed by atoms with Crippen LogP contribution in [0.5, 0.6) is 5.75 Å². The number of alkyl halides is 1. The quantitative estimate of drug-likeness (QED) is 0.538. The summed E-state index contributed by atoms with van der Waals surface area (Å²) in [6.07, 6.45) is 2.48. The molecule has 1 N–H and O–H groups in total. The number of amides is 1. The summed E-state index contributed by atoms with van der Waals surface area (Å²) < 4.78 is 47.7. The van der Waals surface area contributed by atoms with Crippen LogP contribution in [0, 0.1) is 11.6 Å². The average molecular weight is 413 g/mol. The summed E-state index contributed by atoms with van der Waals surface area (Å²) in [5, 5.41) is 2.28. The molecule has 0 saturated carbocycles. The molecule has 0 aliphatic heterocycles. The van der Waals surface area contributed by atoms with E-state index in [2.05, 4.69) is 20.3 Å². The standard InChI is InChI=1S/C20H14F3N5O2/c1-30-11-5-6-14-15(7-11)28(17(8-21)26-14)18-10-24-16(9-25-18)27-20(29)19-12(22)3-2-4-13(19)23/h2-7,9-10H,8H2,1H3,(H,24,27,29). The third-order valence-corrected chi connectivity index (χ3v) is 4.35. The number of rotatable bonds is 5. The van der Waals surface area contributed by atoms with E-state index in [4.69, 9.17) is 4.74 Å². The summed E-state index contributed by atoms with van der Waals surface area (Å²) in [4.78, 5) is 24.6. The molecule has 4 rings (SSSR count). The van der Waals surface area contributed by atoms with E-state index in [-0.39, 0.29) is 17.5 Å². The summed E-state index contributed by atoms with van der Waals surface area (Å²) in [6.45, 7) is -0.844.